The van der Waals surface area contributed by atoms with Crippen molar-refractivity contribution in [2.75, 3.05) is 5.73 Å². The van der Waals surface area contributed by atoms with Crippen molar-refractivity contribution in [3.05, 3.63) is 76.7 Å². The first kappa shape index (κ1) is 18.7. The van der Waals surface area contributed by atoms with E-state index in [-0.39, 0.29) is 0 Å². The summed E-state index contributed by atoms with van der Waals surface area (Å²) >= 11 is 0. The second kappa shape index (κ2) is 7.40. The third kappa shape index (κ3) is 3.45. The molecule has 0 aliphatic rings. The Balaban J connectivity index is 1.72. The number of aromatic nitrogens is 3. The average Bonchev–Trinajstić information content (AvgIpc) is 3.06. The van der Waals surface area contributed by atoms with Gasteiger partial charge in [-0.05, 0) is 54.8 Å². The van der Waals surface area contributed by atoms with Gasteiger partial charge in [-0.3, -0.25) is 0 Å². The van der Waals surface area contributed by atoms with Crippen molar-refractivity contribution in [3.63, 3.8) is 0 Å². The second-order valence-electron chi connectivity index (χ2n) is 7.33. The van der Waals surface area contributed by atoms with Crippen LogP contribution in [-0.4, -0.2) is 14.5 Å². The van der Waals surface area contributed by atoms with E-state index in [4.69, 9.17) is 15.7 Å². The number of nitrogen functional groups attached to an aromatic ring is 1. The van der Waals surface area contributed by atoms with Crippen LogP contribution in [0.5, 0.6) is 0 Å². The maximum absolute atomic E-state index is 9.39. The monoisotopic (exact) mass is 381 g/mol. The number of nitriles is 1. The molecule has 0 saturated carbocycles. The van der Waals surface area contributed by atoms with Crippen LogP contribution in [0, 0.1) is 25.2 Å². The number of fused-ring (bicyclic) bond motifs is 1. The first-order valence-electron chi connectivity index (χ1n) is 9.72. The number of pyridine rings is 1. The van der Waals surface area contributed by atoms with Crippen LogP contribution in [0.3, 0.4) is 0 Å². The number of anilines is 1. The molecule has 144 valence electrons. The van der Waals surface area contributed by atoms with E-state index >= 15 is 0 Å². The van der Waals surface area contributed by atoms with Gasteiger partial charge in [0.2, 0.25) is 0 Å². The lowest BCUT2D eigenvalue weighted by molar-refractivity contribution is 0.745. The van der Waals surface area contributed by atoms with Gasteiger partial charge in [0.15, 0.2) is 5.65 Å². The van der Waals surface area contributed by atoms with E-state index in [2.05, 4.69) is 42.7 Å². The lowest BCUT2D eigenvalue weighted by atomic mass is 9.98. The molecule has 0 bridgehead atoms. The summed E-state index contributed by atoms with van der Waals surface area (Å²) < 4.78 is 2.20. The van der Waals surface area contributed by atoms with Crippen molar-refractivity contribution in [1.29, 1.82) is 5.26 Å². The van der Waals surface area contributed by atoms with Gasteiger partial charge in [0.1, 0.15) is 11.3 Å². The number of hydrogen-bond acceptors (Lipinski definition) is 4. The maximum atomic E-state index is 9.39. The van der Waals surface area contributed by atoms with Gasteiger partial charge >= 0.3 is 0 Å². The van der Waals surface area contributed by atoms with Crippen molar-refractivity contribution >= 4 is 16.9 Å². The first-order valence-corrected chi connectivity index (χ1v) is 9.72. The van der Waals surface area contributed by atoms with Crippen LogP contribution in [0.4, 0.5) is 5.69 Å². The van der Waals surface area contributed by atoms with Crippen molar-refractivity contribution in [1.82, 2.24) is 14.5 Å². The Labute approximate surface area is 170 Å². The normalized spacial score (nSPS) is 11.0. The molecule has 0 aliphatic carbocycles. The van der Waals surface area contributed by atoms with Crippen LogP contribution in [0.25, 0.3) is 22.3 Å². The van der Waals surface area contributed by atoms with Crippen LogP contribution in [0.2, 0.25) is 0 Å². The Morgan fingerprint density at radius 2 is 1.79 bits per heavy atom. The van der Waals surface area contributed by atoms with Gasteiger partial charge in [-0.15, -0.1) is 0 Å². The van der Waals surface area contributed by atoms with E-state index in [1.54, 1.807) is 12.1 Å². The fourth-order valence-corrected chi connectivity index (χ4v) is 3.75. The molecule has 5 nitrogen and oxygen atoms in total. The quantitative estimate of drug-likeness (QED) is 0.516. The largest absolute Gasteiger partial charge is 0.399 e. The molecular formula is C24H23N5. The highest BCUT2D eigenvalue weighted by Gasteiger charge is 2.14. The third-order valence-electron chi connectivity index (χ3n) is 5.19. The van der Waals surface area contributed by atoms with E-state index in [1.807, 2.05) is 25.1 Å². The molecule has 2 aromatic heterocycles. The third-order valence-corrected chi connectivity index (χ3v) is 5.19. The van der Waals surface area contributed by atoms with Crippen molar-refractivity contribution in [2.24, 2.45) is 0 Å². The molecule has 29 heavy (non-hydrogen) atoms. The smallest absolute Gasteiger partial charge is 0.160 e. The number of nitrogens with two attached hydrogens (primary N) is 1. The topological polar surface area (TPSA) is 80.5 Å². The number of aryl methyl sites for hydroxylation is 3. The summed E-state index contributed by atoms with van der Waals surface area (Å²) in [6.45, 7) is 6.92. The van der Waals surface area contributed by atoms with Gasteiger partial charge in [0.05, 0.1) is 18.2 Å². The molecule has 0 saturated heterocycles. The fourth-order valence-electron chi connectivity index (χ4n) is 3.75. The molecule has 4 aromatic rings. The Bertz CT molecular complexity index is 1240. The van der Waals surface area contributed by atoms with Crippen molar-refractivity contribution in [2.45, 2.75) is 33.7 Å². The molecule has 0 atom stereocenters. The Hall–Kier alpha value is -3.65. The molecule has 4 rings (SSSR count). The molecule has 2 heterocycles. The van der Waals surface area contributed by atoms with Crippen LogP contribution >= 0.6 is 0 Å². The molecule has 0 unspecified atom stereocenters. The van der Waals surface area contributed by atoms with Crippen LogP contribution in [0.15, 0.2) is 48.5 Å². The van der Waals surface area contributed by atoms with Crippen molar-refractivity contribution < 1.29 is 0 Å². The molecule has 0 aliphatic heterocycles. The summed E-state index contributed by atoms with van der Waals surface area (Å²) in [5.41, 5.74) is 14.3. The molecule has 0 fully saturated rings. The van der Waals surface area contributed by atoms with Gasteiger partial charge < -0.3 is 10.3 Å². The lowest BCUT2D eigenvalue weighted by Crippen LogP contribution is -2.05. The van der Waals surface area contributed by atoms with Crippen molar-refractivity contribution in [3.8, 4) is 17.2 Å². The minimum absolute atomic E-state index is 0.621. The fraction of sp³-hybridized carbons (Fsp3) is 0.208. The summed E-state index contributed by atoms with van der Waals surface area (Å²) in [6, 6.07) is 17.9. The summed E-state index contributed by atoms with van der Waals surface area (Å²) in [6.07, 6.45) is 0.849. The lowest BCUT2D eigenvalue weighted by Gasteiger charge is -2.10. The Kier molecular flexibility index (Phi) is 4.77. The zero-order chi connectivity index (χ0) is 20.5. The molecule has 2 N–H and O–H groups in total. The predicted molar refractivity (Wildman–Crippen MR) is 116 cm³/mol. The van der Waals surface area contributed by atoms with Gasteiger partial charge in [-0.2, -0.15) is 5.26 Å². The van der Waals surface area contributed by atoms with Gasteiger partial charge in [0, 0.05) is 23.4 Å². The highest BCUT2D eigenvalue weighted by atomic mass is 15.1. The van der Waals surface area contributed by atoms with E-state index in [0.717, 1.165) is 51.4 Å². The average molecular weight is 381 g/mol. The standard InChI is InChI=1S/C24H23N5/c1-4-22-28-23-15(2)11-16(3)27-24(23)29(22)14-17-5-7-18(8-6-17)21-12-20(26)10-9-19(21)13-25/h5-12H,4,14,26H2,1-3H3. The molecule has 2 aromatic carbocycles. The number of hydrogen-bond donors (Lipinski definition) is 1. The molecule has 5 heteroatoms. The van der Waals surface area contributed by atoms with Gasteiger partial charge in [-0.1, -0.05) is 31.2 Å². The predicted octanol–water partition coefficient (Wildman–Crippen LogP) is 4.78. The molecule has 0 spiro atoms. The zero-order valence-electron chi connectivity index (χ0n) is 16.9. The molecule has 0 radical (unpaired) electrons. The number of nitrogens with zero attached hydrogens (tertiary/aromatic N) is 4. The Morgan fingerprint density at radius 1 is 1.03 bits per heavy atom. The molecule has 0 amide bonds. The minimum Gasteiger partial charge on any atom is -0.399 e. The van der Waals surface area contributed by atoms with E-state index in [0.29, 0.717) is 17.8 Å². The highest BCUT2D eigenvalue weighted by molar-refractivity contribution is 5.76. The van der Waals surface area contributed by atoms with Crippen LogP contribution in [-0.2, 0) is 13.0 Å². The Morgan fingerprint density at radius 3 is 2.48 bits per heavy atom. The number of imidazole rings is 1. The number of benzene rings is 2. The van der Waals surface area contributed by atoms with Crippen LogP contribution in [0.1, 0.15) is 35.1 Å². The van der Waals surface area contributed by atoms with Gasteiger partial charge in [0.25, 0.3) is 0 Å². The zero-order valence-corrected chi connectivity index (χ0v) is 16.9. The van der Waals surface area contributed by atoms with E-state index in [1.165, 1.54) is 0 Å². The number of rotatable bonds is 4. The summed E-state index contributed by atoms with van der Waals surface area (Å²) in [4.78, 5) is 9.57. The van der Waals surface area contributed by atoms with E-state index < -0.39 is 0 Å². The first-order chi connectivity index (χ1) is 14.0. The van der Waals surface area contributed by atoms with Crippen LogP contribution < -0.4 is 5.73 Å². The minimum atomic E-state index is 0.621. The molecular weight excluding hydrogens is 358 g/mol. The SMILES string of the molecule is CCc1nc2c(C)cc(C)nc2n1Cc1ccc(-c2cc(N)ccc2C#N)cc1. The maximum Gasteiger partial charge on any atom is 0.160 e. The summed E-state index contributed by atoms with van der Waals surface area (Å²) in [5.74, 6) is 1.04. The van der Waals surface area contributed by atoms with Gasteiger partial charge in [-0.25, -0.2) is 9.97 Å². The summed E-state index contributed by atoms with van der Waals surface area (Å²) in [7, 11) is 0. The van der Waals surface area contributed by atoms with E-state index in [9.17, 15) is 5.26 Å². The second-order valence-corrected chi connectivity index (χ2v) is 7.33. The highest BCUT2D eigenvalue weighted by Crippen LogP contribution is 2.27. The summed E-state index contributed by atoms with van der Waals surface area (Å²) in [5, 5.41) is 9.39.